The molecule has 3 heteroatoms. The molecule has 0 aliphatic rings. The van der Waals surface area contributed by atoms with Crippen LogP contribution in [0, 0.1) is 11.8 Å². The molecule has 2 nitrogen and oxygen atoms in total. The Labute approximate surface area is 138 Å². The molecular formula is C19H19NOSe. The Balaban J connectivity index is 2.07. The zero-order valence-corrected chi connectivity index (χ0v) is 14.4. The van der Waals surface area contributed by atoms with Gasteiger partial charge >= 0.3 is 138 Å². The second-order valence-electron chi connectivity index (χ2n) is 4.73. The van der Waals surface area contributed by atoms with Crippen LogP contribution in [0.15, 0.2) is 60.7 Å². The number of amides is 1. The number of hydrogen-bond donors (Lipinski definition) is 0. The van der Waals surface area contributed by atoms with E-state index in [1.807, 2.05) is 72.5 Å². The van der Waals surface area contributed by atoms with Crippen LogP contribution >= 0.6 is 0 Å². The van der Waals surface area contributed by atoms with E-state index < -0.39 is 0 Å². The topological polar surface area (TPSA) is 20.3 Å². The summed E-state index contributed by atoms with van der Waals surface area (Å²) in [5.74, 6) is 6.13. The van der Waals surface area contributed by atoms with E-state index in [0.29, 0.717) is 13.1 Å². The first-order chi connectivity index (χ1) is 10.8. The van der Waals surface area contributed by atoms with Gasteiger partial charge in [0, 0.05) is 0 Å². The zero-order chi connectivity index (χ0) is 15.6. The number of carbonyl (C=O) groups is 1. The van der Waals surface area contributed by atoms with Gasteiger partial charge in [0.1, 0.15) is 0 Å². The van der Waals surface area contributed by atoms with Crippen LogP contribution in [0.3, 0.4) is 0 Å². The summed E-state index contributed by atoms with van der Waals surface area (Å²) in [4.78, 5) is 14.6. The van der Waals surface area contributed by atoms with Gasteiger partial charge in [-0.1, -0.05) is 0 Å². The quantitative estimate of drug-likeness (QED) is 0.596. The molecule has 0 radical (unpaired) electrons. The Morgan fingerprint density at radius 3 is 2.27 bits per heavy atom. The molecule has 2 aromatic rings. The predicted octanol–water partition coefficient (Wildman–Crippen LogP) is 3.05. The fourth-order valence-electron chi connectivity index (χ4n) is 1.92. The van der Waals surface area contributed by atoms with Gasteiger partial charge in [0.05, 0.1) is 0 Å². The number of hydrogen-bond acceptors (Lipinski definition) is 1. The third kappa shape index (κ3) is 5.41. The van der Waals surface area contributed by atoms with E-state index in [1.54, 1.807) is 0 Å². The van der Waals surface area contributed by atoms with Crippen molar-refractivity contribution in [2.45, 2.75) is 19.9 Å². The Kier molecular flexibility index (Phi) is 6.77. The summed E-state index contributed by atoms with van der Waals surface area (Å²) < 4.78 is 1.10. The van der Waals surface area contributed by atoms with Crippen molar-refractivity contribution in [2.24, 2.45) is 0 Å². The SMILES string of the molecule is CCC#CCN(Cc1ccccc1)C(=O)[Se]c1ccccc1. The molecule has 0 saturated carbocycles. The molecule has 1 amide bonds. The Morgan fingerprint density at radius 1 is 1.00 bits per heavy atom. The van der Waals surface area contributed by atoms with Gasteiger partial charge in [-0.15, -0.1) is 0 Å². The zero-order valence-electron chi connectivity index (χ0n) is 12.7. The van der Waals surface area contributed by atoms with Crippen LogP contribution in [0.25, 0.3) is 0 Å². The molecule has 2 aromatic carbocycles. The van der Waals surface area contributed by atoms with Crippen molar-refractivity contribution in [1.29, 1.82) is 0 Å². The van der Waals surface area contributed by atoms with E-state index in [1.165, 1.54) is 0 Å². The molecule has 0 aromatic heterocycles. The van der Waals surface area contributed by atoms with Gasteiger partial charge in [-0.25, -0.2) is 0 Å². The van der Waals surface area contributed by atoms with Crippen molar-refractivity contribution < 1.29 is 4.79 Å². The molecular weight excluding hydrogens is 337 g/mol. The average molecular weight is 356 g/mol. The molecule has 0 aliphatic heterocycles. The van der Waals surface area contributed by atoms with Gasteiger partial charge in [0.25, 0.3) is 0 Å². The van der Waals surface area contributed by atoms with E-state index >= 15 is 0 Å². The van der Waals surface area contributed by atoms with E-state index in [9.17, 15) is 4.79 Å². The summed E-state index contributed by atoms with van der Waals surface area (Å²) in [5, 5.41) is 0. The molecule has 0 unspecified atom stereocenters. The summed E-state index contributed by atoms with van der Waals surface area (Å²) in [7, 11) is 0. The third-order valence-electron chi connectivity index (χ3n) is 2.99. The van der Waals surface area contributed by atoms with Crippen LogP contribution in [0.1, 0.15) is 18.9 Å². The molecule has 0 bridgehead atoms. The summed E-state index contributed by atoms with van der Waals surface area (Å²) in [6.07, 6.45) is 0.817. The van der Waals surface area contributed by atoms with Crippen LogP contribution < -0.4 is 4.46 Å². The summed E-state index contributed by atoms with van der Waals surface area (Å²) in [5.41, 5.74) is 1.14. The average Bonchev–Trinajstić information content (AvgIpc) is 2.56. The van der Waals surface area contributed by atoms with E-state index in [0.717, 1.165) is 16.4 Å². The predicted molar refractivity (Wildman–Crippen MR) is 92.1 cm³/mol. The molecule has 112 valence electrons. The summed E-state index contributed by atoms with van der Waals surface area (Å²) in [6, 6.07) is 20.0. The maximum absolute atomic E-state index is 12.6. The number of rotatable bonds is 5. The van der Waals surface area contributed by atoms with Gasteiger partial charge in [0.15, 0.2) is 0 Å². The standard InChI is InChI=1S/C19H19NOSe/c1-2-3-10-15-20(16-17-11-6-4-7-12-17)19(21)22-18-13-8-5-9-14-18/h4-9,11-14H,2,15-16H2,1H3. The molecule has 0 N–H and O–H groups in total. The first kappa shape index (κ1) is 16.4. The minimum absolute atomic E-state index is 0.174. The first-order valence-corrected chi connectivity index (χ1v) is 9.02. The van der Waals surface area contributed by atoms with Gasteiger partial charge in [-0.05, 0) is 0 Å². The molecule has 2 rings (SSSR count). The Bertz CT molecular complexity index is 643. The Morgan fingerprint density at radius 2 is 1.64 bits per heavy atom. The van der Waals surface area contributed by atoms with Crippen molar-refractivity contribution >= 4 is 24.2 Å². The van der Waals surface area contributed by atoms with Crippen LogP contribution in [0.4, 0.5) is 4.79 Å². The van der Waals surface area contributed by atoms with E-state index in [4.69, 9.17) is 0 Å². The van der Waals surface area contributed by atoms with Crippen LogP contribution in [0.5, 0.6) is 0 Å². The van der Waals surface area contributed by atoms with Gasteiger partial charge < -0.3 is 0 Å². The van der Waals surface area contributed by atoms with Gasteiger partial charge in [-0.3, -0.25) is 0 Å². The van der Waals surface area contributed by atoms with Crippen molar-refractivity contribution in [2.75, 3.05) is 6.54 Å². The van der Waals surface area contributed by atoms with E-state index in [2.05, 4.69) is 11.8 Å². The van der Waals surface area contributed by atoms with Crippen LogP contribution in [-0.4, -0.2) is 31.2 Å². The van der Waals surface area contributed by atoms with Crippen LogP contribution in [0.2, 0.25) is 0 Å². The molecule has 0 saturated heterocycles. The summed E-state index contributed by atoms with van der Waals surface area (Å²) in [6.45, 7) is 3.13. The van der Waals surface area contributed by atoms with Gasteiger partial charge in [-0.2, -0.15) is 0 Å². The second-order valence-corrected chi connectivity index (χ2v) is 6.88. The monoisotopic (exact) mass is 357 g/mol. The normalized spacial score (nSPS) is 9.68. The molecule has 0 heterocycles. The number of benzene rings is 2. The van der Waals surface area contributed by atoms with Crippen molar-refractivity contribution in [3.63, 3.8) is 0 Å². The molecule has 0 fully saturated rings. The fourth-order valence-corrected chi connectivity index (χ4v) is 3.50. The Hall–Kier alpha value is -2.01. The third-order valence-corrected chi connectivity index (χ3v) is 4.97. The summed E-state index contributed by atoms with van der Waals surface area (Å²) >= 11 is -0.204. The van der Waals surface area contributed by atoms with Crippen molar-refractivity contribution in [3.05, 3.63) is 66.2 Å². The second kappa shape index (κ2) is 9.10. The first-order valence-electron chi connectivity index (χ1n) is 7.31. The molecule has 0 atom stereocenters. The maximum atomic E-state index is 12.6. The molecule has 0 spiro atoms. The number of nitrogens with zero attached hydrogens (tertiary/aromatic N) is 1. The van der Waals surface area contributed by atoms with Gasteiger partial charge in [0.2, 0.25) is 0 Å². The van der Waals surface area contributed by atoms with Crippen LogP contribution in [-0.2, 0) is 6.54 Å². The molecule has 0 aliphatic carbocycles. The van der Waals surface area contributed by atoms with Crippen molar-refractivity contribution in [1.82, 2.24) is 4.90 Å². The molecule has 22 heavy (non-hydrogen) atoms. The van der Waals surface area contributed by atoms with Crippen molar-refractivity contribution in [3.8, 4) is 11.8 Å². The van der Waals surface area contributed by atoms with E-state index in [-0.39, 0.29) is 19.8 Å². The fraction of sp³-hybridized carbons (Fsp3) is 0.211. The number of carbonyl (C=O) groups excluding carboxylic acids is 1. The minimum atomic E-state index is -0.204.